The molecule has 0 spiro atoms. The number of benzene rings is 1. The van der Waals surface area contributed by atoms with Crippen LogP contribution in [0.2, 0.25) is 0 Å². The normalized spacial score (nSPS) is 17.5. The molecule has 0 bridgehead atoms. The molecule has 2 heteroatoms. The van der Waals surface area contributed by atoms with E-state index in [1.807, 2.05) is 13.8 Å². The minimum Gasteiger partial charge on any atom is -0.390 e. The van der Waals surface area contributed by atoms with Gasteiger partial charge in [-0.3, -0.25) is 0 Å². The quantitative estimate of drug-likeness (QED) is 0.825. The lowest BCUT2D eigenvalue weighted by Crippen LogP contribution is -2.37. The maximum atomic E-state index is 9.71. The van der Waals surface area contributed by atoms with Gasteiger partial charge >= 0.3 is 0 Å². The number of nitrogens with one attached hydrogen (secondary N) is 1. The molecule has 0 radical (unpaired) electrons. The fourth-order valence-corrected chi connectivity index (χ4v) is 3.00. The Kier molecular flexibility index (Phi) is 4.64. The second-order valence-electron chi connectivity index (χ2n) is 6.65. The Morgan fingerprint density at radius 1 is 1.26 bits per heavy atom. The third-order valence-electron chi connectivity index (χ3n) is 4.00. The second kappa shape index (κ2) is 6.06. The van der Waals surface area contributed by atoms with Crippen LogP contribution in [0.3, 0.4) is 0 Å². The summed E-state index contributed by atoms with van der Waals surface area (Å²) < 4.78 is 0. The zero-order chi connectivity index (χ0) is 13.9. The topological polar surface area (TPSA) is 32.3 Å². The zero-order valence-electron chi connectivity index (χ0n) is 12.4. The smallest absolute Gasteiger partial charge is 0.0591 e. The predicted octanol–water partition coefficient (Wildman–Crippen LogP) is 3.07. The minimum absolute atomic E-state index is 0.524. The molecular weight excluding hydrogens is 234 g/mol. The minimum atomic E-state index is -0.524. The molecule has 0 amide bonds. The highest BCUT2D eigenvalue weighted by molar-refractivity contribution is 5.33. The Bertz CT molecular complexity index is 383. The molecule has 0 saturated carbocycles. The first-order chi connectivity index (χ1) is 8.94. The van der Waals surface area contributed by atoms with Gasteiger partial charge in [-0.2, -0.15) is 0 Å². The molecule has 19 heavy (non-hydrogen) atoms. The Labute approximate surface area is 117 Å². The van der Waals surface area contributed by atoms with Crippen LogP contribution in [0.4, 0.5) is 0 Å². The monoisotopic (exact) mass is 261 g/mol. The summed E-state index contributed by atoms with van der Waals surface area (Å²) >= 11 is 0. The van der Waals surface area contributed by atoms with E-state index in [2.05, 4.69) is 36.5 Å². The molecule has 2 N–H and O–H groups in total. The van der Waals surface area contributed by atoms with Gasteiger partial charge in [-0.25, -0.2) is 0 Å². The van der Waals surface area contributed by atoms with Crippen molar-refractivity contribution in [1.29, 1.82) is 0 Å². The summed E-state index contributed by atoms with van der Waals surface area (Å²) in [5.74, 6) is 0. The third kappa shape index (κ3) is 4.63. The van der Waals surface area contributed by atoms with Crippen molar-refractivity contribution in [2.24, 2.45) is 0 Å². The van der Waals surface area contributed by atoms with Crippen LogP contribution in [0.1, 0.15) is 51.2 Å². The highest BCUT2D eigenvalue weighted by Crippen LogP contribution is 2.22. The molecule has 0 unspecified atom stereocenters. The Balaban J connectivity index is 1.72. The van der Waals surface area contributed by atoms with E-state index in [0.29, 0.717) is 12.1 Å². The molecule has 1 atom stereocenters. The maximum absolute atomic E-state index is 9.71. The number of aliphatic hydroxyl groups is 1. The van der Waals surface area contributed by atoms with Crippen LogP contribution in [-0.2, 0) is 12.8 Å². The molecule has 0 heterocycles. The fraction of sp³-hybridized carbons (Fsp3) is 0.647. The van der Waals surface area contributed by atoms with Crippen molar-refractivity contribution in [1.82, 2.24) is 5.32 Å². The van der Waals surface area contributed by atoms with Crippen molar-refractivity contribution in [2.75, 3.05) is 0 Å². The third-order valence-corrected chi connectivity index (χ3v) is 4.00. The number of hydrogen-bond donors (Lipinski definition) is 2. The van der Waals surface area contributed by atoms with Gasteiger partial charge in [0, 0.05) is 12.1 Å². The van der Waals surface area contributed by atoms with Gasteiger partial charge in [0.15, 0.2) is 0 Å². The van der Waals surface area contributed by atoms with Crippen molar-refractivity contribution < 1.29 is 5.11 Å². The van der Waals surface area contributed by atoms with Gasteiger partial charge in [0.1, 0.15) is 0 Å². The van der Waals surface area contributed by atoms with Crippen molar-refractivity contribution in [2.45, 2.75) is 70.6 Å². The SMILES string of the molecule is C[C@H](CCCC(C)(C)O)NC1Cc2ccccc2C1. The van der Waals surface area contributed by atoms with E-state index < -0.39 is 5.60 Å². The van der Waals surface area contributed by atoms with Crippen molar-refractivity contribution in [3.63, 3.8) is 0 Å². The standard InChI is InChI=1S/C17H27NO/c1-13(7-6-10-17(2,3)19)18-16-11-14-8-4-5-9-15(14)12-16/h4-5,8-9,13,16,18-19H,6-7,10-12H2,1-3H3/t13-/m1/s1. The van der Waals surface area contributed by atoms with E-state index in [1.54, 1.807) is 0 Å². The Morgan fingerprint density at radius 2 is 1.84 bits per heavy atom. The first-order valence-electron chi connectivity index (χ1n) is 7.49. The van der Waals surface area contributed by atoms with Crippen LogP contribution in [0.25, 0.3) is 0 Å². The van der Waals surface area contributed by atoms with Gasteiger partial charge < -0.3 is 10.4 Å². The van der Waals surface area contributed by atoms with Crippen LogP contribution in [-0.4, -0.2) is 22.8 Å². The van der Waals surface area contributed by atoms with Gasteiger partial charge in [-0.15, -0.1) is 0 Å². The average Bonchev–Trinajstić information content (AvgIpc) is 2.68. The van der Waals surface area contributed by atoms with Crippen LogP contribution in [0.15, 0.2) is 24.3 Å². The van der Waals surface area contributed by atoms with Gasteiger partial charge in [0.25, 0.3) is 0 Å². The van der Waals surface area contributed by atoms with Gasteiger partial charge in [-0.1, -0.05) is 24.3 Å². The number of fused-ring (bicyclic) bond motifs is 1. The maximum Gasteiger partial charge on any atom is 0.0591 e. The molecule has 2 nitrogen and oxygen atoms in total. The van der Waals surface area contributed by atoms with Crippen LogP contribution >= 0.6 is 0 Å². The molecule has 0 aromatic heterocycles. The van der Waals surface area contributed by atoms with Crippen LogP contribution < -0.4 is 5.32 Å². The Hall–Kier alpha value is -0.860. The molecule has 0 aliphatic heterocycles. The zero-order valence-corrected chi connectivity index (χ0v) is 12.4. The van der Waals surface area contributed by atoms with Crippen molar-refractivity contribution >= 4 is 0 Å². The molecule has 0 fully saturated rings. The average molecular weight is 261 g/mol. The lowest BCUT2D eigenvalue weighted by molar-refractivity contribution is 0.0674. The van der Waals surface area contributed by atoms with E-state index in [4.69, 9.17) is 0 Å². The summed E-state index contributed by atoms with van der Waals surface area (Å²) in [4.78, 5) is 0. The van der Waals surface area contributed by atoms with E-state index in [-0.39, 0.29) is 0 Å². The lowest BCUT2D eigenvalue weighted by atomic mass is 9.99. The molecular formula is C17H27NO. The summed E-state index contributed by atoms with van der Waals surface area (Å²) in [5, 5.41) is 13.4. The second-order valence-corrected chi connectivity index (χ2v) is 6.65. The van der Waals surface area contributed by atoms with Crippen LogP contribution in [0.5, 0.6) is 0 Å². The van der Waals surface area contributed by atoms with Crippen molar-refractivity contribution in [3.05, 3.63) is 35.4 Å². The Morgan fingerprint density at radius 3 is 2.37 bits per heavy atom. The number of hydrogen-bond acceptors (Lipinski definition) is 2. The van der Waals surface area contributed by atoms with E-state index in [9.17, 15) is 5.11 Å². The summed E-state index contributed by atoms with van der Waals surface area (Å²) in [6, 6.07) is 9.88. The first-order valence-corrected chi connectivity index (χ1v) is 7.49. The van der Waals surface area contributed by atoms with Gasteiger partial charge in [0.2, 0.25) is 0 Å². The highest BCUT2D eigenvalue weighted by Gasteiger charge is 2.22. The summed E-state index contributed by atoms with van der Waals surface area (Å²) in [7, 11) is 0. The molecule has 1 aliphatic rings. The largest absolute Gasteiger partial charge is 0.390 e. The summed E-state index contributed by atoms with van der Waals surface area (Å²) in [6.07, 6.45) is 5.41. The van der Waals surface area contributed by atoms with Crippen LogP contribution in [0, 0.1) is 0 Å². The fourth-order valence-electron chi connectivity index (χ4n) is 3.00. The molecule has 0 saturated heterocycles. The first kappa shape index (κ1) is 14.5. The predicted molar refractivity (Wildman–Crippen MR) is 80.4 cm³/mol. The van der Waals surface area contributed by atoms with Crippen molar-refractivity contribution in [3.8, 4) is 0 Å². The molecule has 106 valence electrons. The summed E-state index contributed by atoms with van der Waals surface area (Å²) in [6.45, 7) is 6.03. The molecule has 2 rings (SSSR count). The van der Waals surface area contributed by atoms with Gasteiger partial charge in [0.05, 0.1) is 5.60 Å². The molecule has 1 aromatic carbocycles. The molecule has 1 aromatic rings. The lowest BCUT2D eigenvalue weighted by Gasteiger charge is -2.21. The van der Waals surface area contributed by atoms with E-state index in [0.717, 1.165) is 32.1 Å². The highest BCUT2D eigenvalue weighted by atomic mass is 16.3. The number of rotatable bonds is 6. The summed E-state index contributed by atoms with van der Waals surface area (Å²) in [5.41, 5.74) is 2.48. The van der Waals surface area contributed by atoms with E-state index >= 15 is 0 Å². The molecule has 1 aliphatic carbocycles. The van der Waals surface area contributed by atoms with E-state index in [1.165, 1.54) is 11.1 Å². The van der Waals surface area contributed by atoms with Gasteiger partial charge in [-0.05, 0) is 64.0 Å².